The number of hydrogen-bond donors (Lipinski definition) is 0. The van der Waals surface area contributed by atoms with Gasteiger partial charge >= 0.3 is 5.97 Å². The van der Waals surface area contributed by atoms with E-state index in [9.17, 15) is 18.0 Å². The Morgan fingerprint density at radius 2 is 1.93 bits per heavy atom. The molecule has 27 heavy (non-hydrogen) atoms. The van der Waals surface area contributed by atoms with Crippen molar-refractivity contribution in [3.05, 3.63) is 58.6 Å². The summed E-state index contributed by atoms with van der Waals surface area (Å²) >= 11 is 5.98. The van der Waals surface area contributed by atoms with Crippen LogP contribution >= 0.6 is 11.6 Å². The Bertz CT molecular complexity index is 1020. The smallest absolute Gasteiger partial charge is 0.340 e. The first-order chi connectivity index (χ1) is 12.7. The van der Waals surface area contributed by atoms with Gasteiger partial charge in [-0.15, -0.1) is 0 Å². The lowest BCUT2D eigenvalue weighted by Gasteiger charge is -2.22. The number of esters is 1. The molecule has 142 valence electrons. The van der Waals surface area contributed by atoms with E-state index in [1.807, 2.05) is 31.2 Å². The van der Waals surface area contributed by atoms with Crippen molar-refractivity contribution in [2.24, 2.45) is 0 Å². The Morgan fingerprint density at radius 3 is 2.63 bits per heavy atom. The molecule has 3 rings (SSSR count). The number of nitrogens with zero attached hydrogens (tertiary/aromatic N) is 1. The lowest BCUT2D eigenvalue weighted by atomic mass is 10.1. The first-order valence-corrected chi connectivity index (χ1v) is 10.5. The third-order valence-electron chi connectivity index (χ3n) is 4.39. The molecule has 0 aliphatic carbocycles. The molecular formula is C19H18ClNO5S. The van der Waals surface area contributed by atoms with Crippen molar-refractivity contribution in [1.82, 2.24) is 0 Å². The molecule has 1 aliphatic rings. The van der Waals surface area contributed by atoms with E-state index < -0.39 is 22.4 Å². The third-order valence-corrected chi connectivity index (χ3v) is 5.83. The molecular weight excluding hydrogens is 390 g/mol. The summed E-state index contributed by atoms with van der Waals surface area (Å²) in [6.07, 6.45) is 1.76. The van der Waals surface area contributed by atoms with Crippen molar-refractivity contribution in [1.29, 1.82) is 0 Å². The van der Waals surface area contributed by atoms with Gasteiger partial charge in [0.2, 0.25) is 0 Å². The van der Waals surface area contributed by atoms with Crippen LogP contribution < -0.4 is 4.90 Å². The molecule has 2 aromatic rings. The number of fused-ring (bicyclic) bond motifs is 1. The maximum Gasteiger partial charge on any atom is 0.340 e. The van der Waals surface area contributed by atoms with Crippen molar-refractivity contribution >= 4 is 39.0 Å². The van der Waals surface area contributed by atoms with Gasteiger partial charge in [0, 0.05) is 18.0 Å². The van der Waals surface area contributed by atoms with Gasteiger partial charge in [-0.2, -0.15) is 0 Å². The second-order valence-electron chi connectivity index (χ2n) is 6.44. The zero-order valence-electron chi connectivity index (χ0n) is 14.8. The number of para-hydroxylation sites is 1. The highest BCUT2D eigenvalue weighted by molar-refractivity contribution is 7.90. The summed E-state index contributed by atoms with van der Waals surface area (Å²) in [6.45, 7) is 1.46. The number of carbonyl (C=O) groups is 2. The Morgan fingerprint density at radius 1 is 1.22 bits per heavy atom. The van der Waals surface area contributed by atoms with E-state index in [1.54, 1.807) is 4.90 Å². The van der Waals surface area contributed by atoms with Gasteiger partial charge in [0.15, 0.2) is 16.4 Å². The van der Waals surface area contributed by atoms with Crippen LogP contribution in [0.3, 0.4) is 0 Å². The number of carbonyl (C=O) groups excluding carboxylic acids is 2. The first kappa shape index (κ1) is 19.4. The first-order valence-electron chi connectivity index (χ1n) is 8.25. The molecule has 0 bridgehead atoms. The van der Waals surface area contributed by atoms with Crippen molar-refractivity contribution in [2.45, 2.75) is 24.3 Å². The Kier molecular flexibility index (Phi) is 5.26. The Hall–Kier alpha value is -2.38. The number of rotatable bonds is 4. The summed E-state index contributed by atoms with van der Waals surface area (Å²) in [5, 5.41) is 0.0553. The van der Waals surface area contributed by atoms with E-state index in [4.69, 9.17) is 16.3 Å². The van der Waals surface area contributed by atoms with Crippen LogP contribution in [0.25, 0.3) is 0 Å². The van der Waals surface area contributed by atoms with Crippen LogP contribution in [0.4, 0.5) is 5.69 Å². The highest BCUT2D eigenvalue weighted by Gasteiger charge is 2.31. The molecule has 2 aromatic carbocycles. The van der Waals surface area contributed by atoms with Gasteiger partial charge < -0.3 is 9.64 Å². The average molecular weight is 408 g/mol. The van der Waals surface area contributed by atoms with Gasteiger partial charge in [0.25, 0.3) is 5.91 Å². The van der Waals surface area contributed by atoms with E-state index in [-0.39, 0.29) is 27.4 Å². The molecule has 0 N–H and O–H groups in total. The monoisotopic (exact) mass is 407 g/mol. The molecule has 1 atom stereocenters. The van der Waals surface area contributed by atoms with E-state index >= 15 is 0 Å². The number of benzene rings is 2. The minimum Gasteiger partial charge on any atom is -0.452 e. The lowest BCUT2D eigenvalue weighted by Crippen LogP contribution is -2.38. The fourth-order valence-corrected chi connectivity index (χ4v) is 3.95. The molecule has 0 fully saturated rings. The average Bonchev–Trinajstić information content (AvgIpc) is 2.94. The minimum absolute atomic E-state index is 0.0363. The molecule has 8 heteroatoms. The van der Waals surface area contributed by atoms with Gasteiger partial charge in [-0.05, 0) is 43.2 Å². The van der Waals surface area contributed by atoms with Crippen molar-refractivity contribution in [3.8, 4) is 0 Å². The minimum atomic E-state index is -3.50. The van der Waals surface area contributed by atoms with Crippen molar-refractivity contribution in [2.75, 3.05) is 17.8 Å². The van der Waals surface area contributed by atoms with Crippen LogP contribution in [0.2, 0.25) is 5.02 Å². The number of ether oxygens (including phenoxy) is 1. The summed E-state index contributed by atoms with van der Waals surface area (Å²) in [7, 11) is -3.50. The standard InChI is InChI=1S/C19H18ClNO5S/c1-12-9-13-5-3-4-6-17(13)21(12)18(22)11-26-19(23)15-10-14(27(2,24)25)7-8-16(15)20/h3-8,10,12H,9,11H2,1-2H3. The topological polar surface area (TPSA) is 80.8 Å². The molecule has 0 saturated carbocycles. The van der Waals surface area contributed by atoms with E-state index in [0.717, 1.165) is 30.0 Å². The van der Waals surface area contributed by atoms with Crippen molar-refractivity contribution < 1.29 is 22.7 Å². The maximum absolute atomic E-state index is 12.6. The summed E-state index contributed by atoms with van der Waals surface area (Å²) < 4.78 is 28.4. The lowest BCUT2D eigenvalue weighted by molar-refractivity contribution is -0.122. The molecule has 1 heterocycles. The van der Waals surface area contributed by atoms with Crippen LogP contribution in [0, 0.1) is 0 Å². The fourth-order valence-electron chi connectivity index (χ4n) is 3.11. The Labute approximate surface area is 162 Å². The number of anilines is 1. The number of halogens is 1. The normalized spacial score (nSPS) is 16.1. The van der Waals surface area contributed by atoms with Crippen LogP contribution in [0.5, 0.6) is 0 Å². The van der Waals surface area contributed by atoms with E-state index in [0.29, 0.717) is 0 Å². The van der Waals surface area contributed by atoms with Gasteiger partial charge in [-0.25, -0.2) is 13.2 Å². The van der Waals surface area contributed by atoms with Crippen molar-refractivity contribution in [3.63, 3.8) is 0 Å². The predicted octanol–water partition coefficient (Wildman–Crippen LogP) is 2.88. The summed E-state index contributed by atoms with van der Waals surface area (Å²) in [4.78, 5) is 26.5. The van der Waals surface area contributed by atoms with Gasteiger partial charge in [0.05, 0.1) is 15.5 Å². The molecule has 1 unspecified atom stereocenters. The molecule has 1 amide bonds. The predicted molar refractivity (Wildman–Crippen MR) is 102 cm³/mol. The van der Waals surface area contributed by atoms with Gasteiger partial charge in [-0.3, -0.25) is 4.79 Å². The van der Waals surface area contributed by atoms with Crippen LogP contribution in [-0.4, -0.2) is 39.2 Å². The van der Waals surface area contributed by atoms with Crippen LogP contribution in [0.1, 0.15) is 22.8 Å². The van der Waals surface area contributed by atoms with Crippen LogP contribution in [0.15, 0.2) is 47.4 Å². The zero-order chi connectivity index (χ0) is 19.8. The van der Waals surface area contributed by atoms with Gasteiger partial charge in [-0.1, -0.05) is 29.8 Å². The Balaban J connectivity index is 1.74. The number of amides is 1. The molecule has 6 nitrogen and oxygen atoms in total. The summed E-state index contributed by atoms with van der Waals surface area (Å²) in [5.74, 6) is -1.20. The molecule has 1 aliphatic heterocycles. The van der Waals surface area contributed by atoms with E-state index in [1.165, 1.54) is 12.1 Å². The number of sulfone groups is 1. The quantitative estimate of drug-likeness (QED) is 0.728. The highest BCUT2D eigenvalue weighted by atomic mass is 35.5. The fraction of sp³-hybridized carbons (Fsp3) is 0.263. The SMILES string of the molecule is CC1Cc2ccccc2N1C(=O)COC(=O)c1cc(S(C)(=O)=O)ccc1Cl. The molecule has 0 aromatic heterocycles. The molecule has 0 saturated heterocycles. The van der Waals surface area contributed by atoms with E-state index in [2.05, 4.69) is 0 Å². The summed E-state index contributed by atoms with van der Waals surface area (Å²) in [5.41, 5.74) is 1.78. The molecule has 0 radical (unpaired) electrons. The molecule has 0 spiro atoms. The van der Waals surface area contributed by atoms with Gasteiger partial charge in [0.1, 0.15) is 0 Å². The maximum atomic E-state index is 12.6. The largest absolute Gasteiger partial charge is 0.452 e. The summed E-state index contributed by atoms with van der Waals surface area (Å²) in [6, 6.07) is 11.3. The zero-order valence-corrected chi connectivity index (χ0v) is 16.4. The number of hydrogen-bond acceptors (Lipinski definition) is 5. The second kappa shape index (κ2) is 7.32. The second-order valence-corrected chi connectivity index (χ2v) is 8.86. The van der Waals surface area contributed by atoms with Crippen LogP contribution in [-0.2, 0) is 25.8 Å². The third kappa shape index (κ3) is 3.99. The highest BCUT2D eigenvalue weighted by Crippen LogP contribution is 2.31.